The summed E-state index contributed by atoms with van der Waals surface area (Å²) in [5, 5.41) is 9.15. The number of carboxylic acids is 1. The molecule has 0 heterocycles. The molecule has 18 heavy (non-hydrogen) atoms. The van der Waals surface area contributed by atoms with E-state index >= 15 is 0 Å². The topological polar surface area (TPSA) is 37.3 Å². The smallest absolute Gasteiger partial charge is 0.303 e. The molecule has 0 spiro atoms. The van der Waals surface area contributed by atoms with Crippen molar-refractivity contribution in [1.82, 2.24) is 0 Å². The molecule has 1 fully saturated rings. The van der Waals surface area contributed by atoms with Crippen molar-refractivity contribution in [3.63, 3.8) is 0 Å². The van der Waals surface area contributed by atoms with Crippen LogP contribution in [0.15, 0.2) is 18.2 Å². The highest BCUT2D eigenvalue weighted by Crippen LogP contribution is 2.40. The van der Waals surface area contributed by atoms with Gasteiger partial charge in [-0.25, -0.2) is 0 Å². The fourth-order valence-electron chi connectivity index (χ4n) is 3.32. The van der Waals surface area contributed by atoms with Crippen molar-refractivity contribution in [2.75, 3.05) is 0 Å². The van der Waals surface area contributed by atoms with Crippen LogP contribution in [0.3, 0.4) is 0 Å². The highest BCUT2D eigenvalue weighted by Gasteiger charge is 2.29. The van der Waals surface area contributed by atoms with Crippen molar-refractivity contribution in [3.8, 4) is 0 Å². The molecule has 0 amide bonds. The zero-order valence-electron chi connectivity index (χ0n) is 11.3. The van der Waals surface area contributed by atoms with Crippen molar-refractivity contribution < 1.29 is 9.90 Å². The van der Waals surface area contributed by atoms with E-state index in [0.717, 1.165) is 0 Å². The molecule has 2 rings (SSSR count). The normalized spacial score (nSPS) is 17.9. The molecule has 1 N–H and O–H groups in total. The van der Waals surface area contributed by atoms with E-state index in [4.69, 9.17) is 5.11 Å². The van der Waals surface area contributed by atoms with E-state index in [1.807, 2.05) is 0 Å². The molecule has 0 bridgehead atoms. The second-order valence-corrected chi connectivity index (χ2v) is 5.61. The van der Waals surface area contributed by atoms with Gasteiger partial charge in [-0.15, -0.1) is 0 Å². The van der Waals surface area contributed by atoms with Gasteiger partial charge in [-0.2, -0.15) is 0 Å². The van der Waals surface area contributed by atoms with Gasteiger partial charge < -0.3 is 5.11 Å². The molecule has 1 unspecified atom stereocenters. The molecule has 0 aromatic heterocycles. The van der Waals surface area contributed by atoms with E-state index in [-0.39, 0.29) is 12.3 Å². The lowest BCUT2D eigenvalue weighted by Crippen LogP contribution is -2.15. The lowest BCUT2D eigenvalue weighted by atomic mass is 9.80. The van der Waals surface area contributed by atoms with Crippen molar-refractivity contribution >= 4 is 5.97 Å². The van der Waals surface area contributed by atoms with Gasteiger partial charge in [0.25, 0.3) is 0 Å². The van der Waals surface area contributed by atoms with Gasteiger partial charge in [0.15, 0.2) is 0 Å². The molecule has 1 atom stereocenters. The van der Waals surface area contributed by atoms with Gasteiger partial charge in [0.2, 0.25) is 0 Å². The molecule has 0 saturated heterocycles. The lowest BCUT2D eigenvalue weighted by Gasteiger charge is -2.24. The molecule has 1 aromatic carbocycles. The summed E-state index contributed by atoms with van der Waals surface area (Å²) in [5.41, 5.74) is 3.74. The standard InChI is InChI=1S/C16H22O2/c1-11-7-8-14(12(2)9-11)15(10-16(17)18)13-5-3-4-6-13/h7-9,13,15H,3-6,10H2,1-2H3,(H,17,18). The summed E-state index contributed by atoms with van der Waals surface area (Å²) >= 11 is 0. The molecular formula is C16H22O2. The summed E-state index contributed by atoms with van der Waals surface area (Å²) in [4.78, 5) is 11.1. The highest BCUT2D eigenvalue weighted by atomic mass is 16.4. The Labute approximate surface area is 109 Å². The molecule has 1 aromatic rings. The minimum absolute atomic E-state index is 0.200. The van der Waals surface area contributed by atoms with Gasteiger partial charge in [0, 0.05) is 0 Å². The number of hydrogen-bond acceptors (Lipinski definition) is 1. The zero-order valence-corrected chi connectivity index (χ0v) is 11.3. The maximum atomic E-state index is 11.1. The van der Waals surface area contributed by atoms with E-state index in [2.05, 4.69) is 32.0 Å². The van der Waals surface area contributed by atoms with Crippen LogP contribution in [0.5, 0.6) is 0 Å². The Kier molecular flexibility index (Phi) is 4.05. The summed E-state index contributed by atoms with van der Waals surface area (Å²) in [5.74, 6) is 0.0833. The largest absolute Gasteiger partial charge is 0.481 e. The SMILES string of the molecule is Cc1ccc(C(CC(=O)O)C2CCCC2)c(C)c1. The number of benzene rings is 1. The predicted molar refractivity (Wildman–Crippen MR) is 72.9 cm³/mol. The summed E-state index contributed by atoms with van der Waals surface area (Å²) in [6, 6.07) is 6.40. The van der Waals surface area contributed by atoms with Crippen LogP contribution in [-0.2, 0) is 4.79 Å². The Bertz CT molecular complexity index is 431. The molecule has 1 saturated carbocycles. The van der Waals surface area contributed by atoms with Crippen LogP contribution in [0.25, 0.3) is 0 Å². The monoisotopic (exact) mass is 246 g/mol. The van der Waals surface area contributed by atoms with Crippen molar-refractivity contribution in [3.05, 3.63) is 34.9 Å². The van der Waals surface area contributed by atoms with Crippen LogP contribution in [0.1, 0.15) is 54.7 Å². The van der Waals surface area contributed by atoms with Crippen LogP contribution in [0, 0.1) is 19.8 Å². The van der Waals surface area contributed by atoms with Gasteiger partial charge >= 0.3 is 5.97 Å². The third-order valence-corrected chi connectivity index (χ3v) is 4.19. The molecule has 1 aliphatic carbocycles. The molecule has 0 aliphatic heterocycles. The van der Waals surface area contributed by atoms with E-state index in [9.17, 15) is 4.79 Å². The molecule has 0 radical (unpaired) electrons. The third-order valence-electron chi connectivity index (χ3n) is 4.19. The summed E-state index contributed by atoms with van der Waals surface area (Å²) in [7, 11) is 0. The summed E-state index contributed by atoms with van der Waals surface area (Å²) in [6.45, 7) is 4.19. The van der Waals surface area contributed by atoms with Crippen LogP contribution < -0.4 is 0 Å². The molecule has 98 valence electrons. The Balaban J connectivity index is 2.29. The van der Waals surface area contributed by atoms with E-state index in [1.165, 1.54) is 42.4 Å². The maximum Gasteiger partial charge on any atom is 0.303 e. The third kappa shape index (κ3) is 2.92. The first-order valence-corrected chi connectivity index (χ1v) is 6.87. The zero-order chi connectivity index (χ0) is 13.1. The number of aryl methyl sites for hydroxylation is 2. The first kappa shape index (κ1) is 13.1. The van der Waals surface area contributed by atoms with Gasteiger partial charge in [-0.3, -0.25) is 4.79 Å². The number of aliphatic carboxylic acids is 1. The van der Waals surface area contributed by atoms with Crippen LogP contribution in [0.2, 0.25) is 0 Å². The minimum atomic E-state index is -0.674. The minimum Gasteiger partial charge on any atom is -0.481 e. The second-order valence-electron chi connectivity index (χ2n) is 5.61. The number of carboxylic acid groups (broad SMARTS) is 1. The van der Waals surface area contributed by atoms with Crippen molar-refractivity contribution in [2.24, 2.45) is 5.92 Å². The summed E-state index contributed by atoms with van der Waals surface area (Å²) < 4.78 is 0. The van der Waals surface area contributed by atoms with Gasteiger partial charge in [-0.05, 0) is 49.7 Å². The first-order valence-electron chi connectivity index (χ1n) is 6.87. The molecule has 2 heteroatoms. The van der Waals surface area contributed by atoms with E-state index in [0.29, 0.717) is 5.92 Å². The van der Waals surface area contributed by atoms with Gasteiger partial charge in [0.1, 0.15) is 0 Å². The second kappa shape index (κ2) is 5.55. The average Bonchev–Trinajstić information content (AvgIpc) is 2.79. The Morgan fingerprint density at radius 2 is 2.00 bits per heavy atom. The van der Waals surface area contributed by atoms with E-state index in [1.54, 1.807) is 0 Å². The number of carbonyl (C=O) groups is 1. The van der Waals surface area contributed by atoms with Crippen LogP contribution in [0.4, 0.5) is 0 Å². The van der Waals surface area contributed by atoms with Crippen molar-refractivity contribution in [1.29, 1.82) is 0 Å². The Hall–Kier alpha value is -1.31. The predicted octanol–water partition coefficient (Wildman–Crippen LogP) is 4.05. The fourth-order valence-corrected chi connectivity index (χ4v) is 3.32. The summed E-state index contributed by atoms with van der Waals surface area (Å²) in [6.07, 6.45) is 5.16. The maximum absolute atomic E-state index is 11.1. The van der Waals surface area contributed by atoms with Gasteiger partial charge in [0.05, 0.1) is 6.42 Å². The molecular weight excluding hydrogens is 224 g/mol. The Morgan fingerprint density at radius 1 is 1.33 bits per heavy atom. The molecule has 1 aliphatic rings. The van der Waals surface area contributed by atoms with Crippen LogP contribution in [-0.4, -0.2) is 11.1 Å². The number of rotatable bonds is 4. The quantitative estimate of drug-likeness (QED) is 0.870. The first-order chi connectivity index (χ1) is 8.58. The van der Waals surface area contributed by atoms with E-state index < -0.39 is 5.97 Å². The average molecular weight is 246 g/mol. The van der Waals surface area contributed by atoms with Gasteiger partial charge in [-0.1, -0.05) is 36.6 Å². The van der Waals surface area contributed by atoms with Crippen LogP contribution >= 0.6 is 0 Å². The number of hydrogen-bond donors (Lipinski definition) is 1. The fraction of sp³-hybridized carbons (Fsp3) is 0.562. The molecule has 2 nitrogen and oxygen atoms in total. The van der Waals surface area contributed by atoms with Crippen molar-refractivity contribution in [2.45, 2.75) is 51.9 Å². The highest BCUT2D eigenvalue weighted by molar-refractivity contribution is 5.68. The Morgan fingerprint density at radius 3 is 2.56 bits per heavy atom. The lowest BCUT2D eigenvalue weighted by molar-refractivity contribution is -0.137.